The van der Waals surface area contributed by atoms with Crippen LogP contribution in [0.5, 0.6) is 0 Å². The Kier molecular flexibility index (Phi) is 6.77. The Bertz CT molecular complexity index is 687. The van der Waals surface area contributed by atoms with Gasteiger partial charge >= 0.3 is 0 Å². The molecule has 1 aromatic rings. The number of rotatable bonds is 6. The molecule has 0 saturated carbocycles. The van der Waals surface area contributed by atoms with Crippen LogP contribution in [0.3, 0.4) is 0 Å². The van der Waals surface area contributed by atoms with E-state index in [9.17, 15) is 9.59 Å². The summed E-state index contributed by atoms with van der Waals surface area (Å²) in [5.74, 6) is 1.75. The first-order valence-electron chi connectivity index (χ1n) is 9.68. The van der Waals surface area contributed by atoms with Crippen LogP contribution in [0.4, 0.5) is 0 Å². The number of hydrogen-bond donors (Lipinski definition) is 1. The van der Waals surface area contributed by atoms with Crippen molar-refractivity contribution in [1.29, 1.82) is 0 Å². The zero-order chi connectivity index (χ0) is 19.2. The maximum atomic E-state index is 12.4. The lowest BCUT2D eigenvalue weighted by Crippen LogP contribution is -2.48. The van der Waals surface area contributed by atoms with Crippen LogP contribution >= 0.6 is 11.8 Å². The molecule has 1 fully saturated rings. The van der Waals surface area contributed by atoms with E-state index < -0.39 is 0 Å². The van der Waals surface area contributed by atoms with Gasteiger partial charge in [0.15, 0.2) is 5.96 Å². The number of nitrogens with one attached hydrogen (secondary N) is 1. The van der Waals surface area contributed by atoms with E-state index in [0.717, 1.165) is 44.2 Å². The van der Waals surface area contributed by atoms with Crippen molar-refractivity contribution in [2.45, 2.75) is 31.4 Å². The zero-order valence-corrected chi connectivity index (χ0v) is 16.9. The minimum atomic E-state index is -0.171. The molecule has 0 aliphatic carbocycles. The highest BCUT2D eigenvalue weighted by molar-refractivity contribution is 8.00. The highest BCUT2D eigenvalue weighted by Crippen LogP contribution is 2.23. The molecule has 2 aliphatic heterocycles. The summed E-state index contributed by atoms with van der Waals surface area (Å²) in [5.41, 5.74) is 1.05. The Labute approximate surface area is 165 Å². The van der Waals surface area contributed by atoms with Crippen LogP contribution in [0.2, 0.25) is 0 Å². The predicted molar refractivity (Wildman–Crippen MR) is 111 cm³/mol. The molecule has 1 aromatic carbocycles. The van der Waals surface area contributed by atoms with Gasteiger partial charge in [-0.3, -0.25) is 19.5 Å². The van der Waals surface area contributed by atoms with Gasteiger partial charge in [-0.2, -0.15) is 11.8 Å². The van der Waals surface area contributed by atoms with Gasteiger partial charge in [-0.15, -0.1) is 0 Å². The van der Waals surface area contributed by atoms with Gasteiger partial charge in [0.1, 0.15) is 0 Å². The first-order chi connectivity index (χ1) is 13.2. The summed E-state index contributed by atoms with van der Waals surface area (Å²) in [6.45, 7) is 5.55. The third-order valence-corrected chi connectivity index (χ3v) is 6.45. The Morgan fingerprint density at radius 2 is 1.93 bits per heavy atom. The van der Waals surface area contributed by atoms with Crippen LogP contribution < -0.4 is 5.32 Å². The molecule has 2 heterocycles. The third-order valence-electron chi connectivity index (χ3n) is 5.08. The second-order valence-corrected chi connectivity index (χ2v) is 8.24. The number of unbranched alkanes of at least 4 members (excludes halogenated alkanes) is 1. The van der Waals surface area contributed by atoms with Crippen molar-refractivity contribution >= 4 is 29.5 Å². The van der Waals surface area contributed by atoms with Crippen LogP contribution in [-0.4, -0.2) is 71.8 Å². The highest BCUT2D eigenvalue weighted by atomic mass is 32.2. The van der Waals surface area contributed by atoms with Crippen molar-refractivity contribution in [2.75, 3.05) is 39.0 Å². The average molecular weight is 389 g/mol. The van der Waals surface area contributed by atoms with E-state index >= 15 is 0 Å². The molecular weight excluding hydrogens is 360 g/mol. The molecule has 7 heteroatoms. The zero-order valence-electron chi connectivity index (χ0n) is 16.1. The summed E-state index contributed by atoms with van der Waals surface area (Å²) in [7, 11) is 1.82. The molecule has 0 bridgehead atoms. The number of guanidine groups is 1. The van der Waals surface area contributed by atoms with Crippen LogP contribution in [0.25, 0.3) is 0 Å². The number of imide groups is 1. The number of amides is 2. The molecule has 1 saturated heterocycles. The van der Waals surface area contributed by atoms with Gasteiger partial charge in [0.05, 0.1) is 11.1 Å². The molecule has 1 unspecified atom stereocenters. The molecule has 0 aromatic heterocycles. The van der Waals surface area contributed by atoms with Gasteiger partial charge < -0.3 is 10.2 Å². The van der Waals surface area contributed by atoms with Gasteiger partial charge in [0.2, 0.25) is 0 Å². The standard InChI is InChI=1S/C20H28N4O2S/c1-3-15-14-23(12-13-27-15)20(21-2)22-10-6-7-11-24-18(25)16-8-4-5-9-17(16)19(24)26/h4-5,8-9,15H,3,6-7,10-14H2,1-2H3,(H,21,22). The van der Waals surface area contributed by atoms with Gasteiger partial charge in [0.25, 0.3) is 11.8 Å². The van der Waals surface area contributed by atoms with Gasteiger partial charge in [-0.05, 0) is 31.4 Å². The largest absolute Gasteiger partial charge is 0.356 e. The summed E-state index contributed by atoms with van der Waals surface area (Å²) in [6.07, 6.45) is 2.84. The Morgan fingerprint density at radius 1 is 1.22 bits per heavy atom. The number of nitrogens with zero attached hydrogens (tertiary/aromatic N) is 3. The number of fused-ring (bicyclic) bond motifs is 1. The van der Waals surface area contributed by atoms with Crippen molar-refractivity contribution in [3.05, 3.63) is 35.4 Å². The molecule has 6 nitrogen and oxygen atoms in total. The molecule has 2 amide bonds. The quantitative estimate of drug-likeness (QED) is 0.351. The van der Waals surface area contributed by atoms with Crippen LogP contribution in [-0.2, 0) is 0 Å². The number of thioether (sulfide) groups is 1. The monoisotopic (exact) mass is 388 g/mol. The molecule has 1 atom stereocenters. The maximum Gasteiger partial charge on any atom is 0.261 e. The Morgan fingerprint density at radius 3 is 2.56 bits per heavy atom. The summed E-state index contributed by atoms with van der Waals surface area (Å²) in [5, 5.41) is 4.10. The second-order valence-electron chi connectivity index (χ2n) is 6.84. The maximum absolute atomic E-state index is 12.4. The van der Waals surface area contributed by atoms with Crippen LogP contribution in [0.15, 0.2) is 29.3 Å². The fraction of sp³-hybridized carbons (Fsp3) is 0.550. The minimum Gasteiger partial charge on any atom is -0.356 e. The van der Waals surface area contributed by atoms with Gasteiger partial charge in [-0.25, -0.2) is 0 Å². The fourth-order valence-corrected chi connectivity index (χ4v) is 4.71. The number of carbonyl (C=O) groups is 2. The van der Waals surface area contributed by atoms with Crippen molar-refractivity contribution in [3.63, 3.8) is 0 Å². The van der Waals surface area contributed by atoms with E-state index in [4.69, 9.17) is 0 Å². The number of hydrogen-bond acceptors (Lipinski definition) is 4. The lowest BCUT2D eigenvalue weighted by molar-refractivity contribution is 0.0652. The molecule has 27 heavy (non-hydrogen) atoms. The molecule has 2 aliphatic rings. The fourth-order valence-electron chi connectivity index (χ4n) is 3.53. The second kappa shape index (κ2) is 9.26. The van der Waals surface area contributed by atoms with E-state index in [1.54, 1.807) is 24.3 Å². The highest BCUT2D eigenvalue weighted by Gasteiger charge is 2.34. The molecule has 146 valence electrons. The lowest BCUT2D eigenvalue weighted by atomic mass is 10.1. The topological polar surface area (TPSA) is 65.0 Å². The van der Waals surface area contributed by atoms with Crippen molar-refractivity contribution < 1.29 is 9.59 Å². The molecular formula is C20H28N4O2S. The molecule has 0 radical (unpaired) electrons. The first kappa shape index (κ1) is 19.7. The van der Waals surface area contributed by atoms with Gasteiger partial charge in [-0.1, -0.05) is 19.1 Å². The van der Waals surface area contributed by atoms with Crippen molar-refractivity contribution in [3.8, 4) is 0 Å². The minimum absolute atomic E-state index is 0.171. The third kappa shape index (κ3) is 4.46. The van der Waals surface area contributed by atoms with Crippen molar-refractivity contribution in [2.24, 2.45) is 4.99 Å². The Balaban J connectivity index is 1.42. The summed E-state index contributed by atoms with van der Waals surface area (Å²) in [6, 6.07) is 7.04. The molecule has 3 rings (SSSR count). The van der Waals surface area contributed by atoms with Crippen LogP contribution in [0.1, 0.15) is 46.9 Å². The number of benzene rings is 1. The smallest absolute Gasteiger partial charge is 0.261 e. The molecule has 1 N–H and O–H groups in total. The first-order valence-corrected chi connectivity index (χ1v) is 10.7. The summed E-state index contributed by atoms with van der Waals surface area (Å²) < 4.78 is 0. The van der Waals surface area contributed by atoms with Gasteiger partial charge in [0, 0.05) is 44.2 Å². The number of carbonyl (C=O) groups excluding carboxylic acids is 2. The van der Waals surface area contributed by atoms with E-state index in [1.165, 1.54) is 11.3 Å². The molecule has 0 spiro atoms. The van der Waals surface area contributed by atoms with Crippen molar-refractivity contribution in [1.82, 2.24) is 15.1 Å². The lowest BCUT2D eigenvalue weighted by Gasteiger charge is -2.34. The summed E-state index contributed by atoms with van der Waals surface area (Å²) in [4.78, 5) is 32.8. The summed E-state index contributed by atoms with van der Waals surface area (Å²) >= 11 is 2.04. The SMILES string of the molecule is CCC1CN(C(=NC)NCCCCN2C(=O)c3ccccc3C2=O)CCS1. The van der Waals surface area contributed by atoms with E-state index in [-0.39, 0.29) is 11.8 Å². The average Bonchev–Trinajstić information content (AvgIpc) is 2.95. The predicted octanol–water partition coefficient (Wildman–Crippen LogP) is 2.47. The van der Waals surface area contributed by atoms with E-state index in [2.05, 4.69) is 22.1 Å². The van der Waals surface area contributed by atoms with E-state index in [0.29, 0.717) is 22.9 Å². The normalized spacial score (nSPS) is 20.2. The Hall–Kier alpha value is -2.02. The van der Waals surface area contributed by atoms with E-state index in [1.807, 2.05) is 18.8 Å². The number of aliphatic imine (C=N–C) groups is 1. The van der Waals surface area contributed by atoms with Crippen LogP contribution in [0, 0.1) is 0 Å².